The number of benzene rings is 2. The summed E-state index contributed by atoms with van der Waals surface area (Å²) in [4.78, 5) is 38.4. The molecule has 0 bridgehead atoms. The van der Waals surface area contributed by atoms with E-state index in [9.17, 15) is 14.4 Å². The van der Waals surface area contributed by atoms with E-state index in [1.54, 1.807) is 13.0 Å². The molecule has 1 aliphatic rings. The second-order valence-corrected chi connectivity index (χ2v) is 7.24. The van der Waals surface area contributed by atoms with Crippen LogP contribution < -0.4 is 19.7 Å². The highest BCUT2D eigenvalue weighted by molar-refractivity contribution is 6.43. The number of amides is 4. The largest absolute Gasteiger partial charge is 0.491 e. The number of anilines is 1. The third kappa shape index (κ3) is 4.23. The molecule has 7 nitrogen and oxygen atoms in total. The monoisotopic (exact) mass is 468 g/mol. The average molecular weight is 470 g/mol. The lowest BCUT2D eigenvalue weighted by atomic mass is 10.1. The van der Waals surface area contributed by atoms with E-state index in [4.69, 9.17) is 44.3 Å². The number of nitrogens with zero attached hydrogens (tertiary/aromatic N) is 1. The van der Waals surface area contributed by atoms with Crippen LogP contribution in [0.4, 0.5) is 10.5 Å². The number of hydrogen-bond acceptors (Lipinski definition) is 5. The lowest BCUT2D eigenvalue weighted by molar-refractivity contribution is -0.122. The Balaban J connectivity index is 2.05. The number of urea groups is 1. The van der Waals surface area contributed by atoms with Gasteiger partial charge in [-0.1, -0.05) is 34.8 Å². The minimum Gasteiger partial charge on any atom is -0.491 e. The number of halogens is 3. The number of ether oxygens (including phenoxy) is 2. The van der Waals surface area contributed by atoms with Gasteiger partial charge in [0.1, 0.15) is 5.57 Å². The molecule has 0 radical (unpaired) electrons. The number of imide groups is 2. The Kier molecular flexibility index (Phi) is 6.55. The fraction of sp³-hybridized carbons (Fsp3) is 0.150. The molecular weight excluding hydrogens is 455 g/mol. The number of hydrogen-bond donors (Lipinski definition) is 1. The molecule has 10 heteroatoms. The van der Waals surface area contributed by atoms with Crippen LogP contribution in [-0.2, 0) is 9.59 Å². The van der Waals surface area contributed by atoms with Crippen LogP contribution in [0.2, 0.25) is 15.1 Å². The summed E-state index contributed by atoms with van der Waals surface area (Å²) >= 11 is 18.1. The lowest BCUT2D eigenvalue weighted by Gasteiger charge is -2.26. The first-order chi connectivity index (χ1) is 14.3. The topological polar surface area (TPSA) is 84.9 Å². The molecular formula is C20H15Cl3N2O5. The molecule has 0 atom stereocenters. The summed E-state index contributed by atoms with van der Waals surface area (Å²) in [7, 11) is 1.45. The maximum atomic E-state index is 13.0. The zero-order chi connectivity index (χ0) is 22.0. The van der Waals surface area contributed by atoms with Crippen molar-refractivity contribution in [1.29, 1.82) is 0 Å². The molecule has 1 aliphatic heterocycles. The van der Waals surface area contributed by atoms with Gasteiger partial charge in [-0.3, -0.25) is 14.9 Å². The molecule has 0 aliphatic carbocycles. The van der Waals surface area contributed by atoms with Crippen molar-refractivity contribution in [3.8, 4) is 11.5 Å². The van der Waals surface area contributed by atoms with E-state index in [1.165, 1.54) is 37.5 Å². The molecule has 1 fully saturated rings. The van der Waals surface area contributed by atoms with Gasteiger partial charge < -0.3 is 9.47 Å². The van der Waals surface area contributed by atoms with Crippen molar-refractivity contribution in [2.75, 3.05) is 18.6 Å². The molecule has 1 N–H and O–H groups in total. The summed E-state index contributed by atoms with van der Waals surface area (Å²) in [6.45, 7) is 2.14. The van der Waals surface area contributed by atoms with Gasteiger partial charge in [0.05, 0.1) is 34.5 Å². The van der Waals surface area contributed by atoms with Crippen LogP contribution in [0.3, 0.4) is 0 Å². The molecule has 0 unspecified atom stereocenters. The summed E-state index contributed by atoms with van der Waals surface area (Å²) in [5.74, 6) is -0.994. The van der Waals surface area contributed by atoms with Gasteiger partial charge in [-0.25, -0.2) is 9.69 Å². The lowest BCUT2D eigenvalue weighted by Crippen LogP contribution is -2.54. The molecule has 2 aromatic rings. The van der Waals surface area contributed by atoms with E-state index < -0.39 is 17.8 Å². The van der Waals surface area contributed by atoms with E-state index in [0.29, 0.717) is 23.7 Å². The third-order valence-electron chi connectivity index (χ3n) is 4.11. The maximum absolute atomic E-state index is 13.0. The van der Waals surface area contributed by atoms with Crippen LogP contribution >= 0.6 is 34.8 Å². The molecule has 0 saturated carbocycles. The van der Waals surface area contributed by atoms with Gasteiger partial charge in [0, 0.05) is 0 Å². The summed E-state index contributed by atoms with van der Waals surface area (Å²) in [6, 6.07) is 6.42. The van der Waals surface area contributed by atoms with Crippen LogP contribution in [0.15, 0.2) is 35.9 Å². The highest BCUT2D eigenvalue weighted by Gasteiger charge is 2.37. The quantitative estimate of drug-likeness (QED) is 0.506. The minimum atomic E-state index is -0.900. The van der Waals surface area contributed by atoms with Crippen molar-refractivity contribution >= 4 is 64.4 Å². The highest BCUT2D eigenvalue weighted by Crippen LogP contribution is 2.37. The van der Waals surface area contributed by atoms with Gasteiger partial charge in [-0.05, 0) is 48.9 Å². The number of methoxy groups -OCH3 is 1. The molecule has 0 spiro atoms. The van der Waals surface area contributed by atoms with E-state index >= 15 is 0 Å². The SMILES string of the molecule is CCOc1cc(/C=C2\C(=O)NC(=O)N(c3ccc(Cl)c(Cl)c3)C2=O)cc(Cl)c1OC. The molecule has 1 heterocycles. The van der Waals surface area contributed by atoms with E-state index in [2.05, 4.69) is 5.32 Å². The summed E-state index contributed by atoms with van der Waals surface area (Å²) in [6.07, 6.45) is 1.31. The first-order valence-corrected chi connectivity index (χ1v) is 9.77. The van der Waals surface area contributed by atoms with Crippen molar-refractivity contribution in [2.24, 2.45) is 0 Å². The average Bonchev–Trinajstić information content (AvgIpc) is 2.68. The Labute approximate surface area is 187 Å². The molecule has 1 saturated heterocycles. The van der Waals surface area contributed by atoms with Gasteiger partial charge in [-0.15, -0.1) is 0 Å². The van der Waals surface area contributed by atoms with E-state index in [-0.39, 0.29) is 26.3 Å². The van der Waals surface area contributed by atoms with Crippen LogP contribution in [0, 0.1) is 0 Å². The highest BCUT2D eigenvalue weighted by atomic mass is 35.5. The summed E-state index contributed by atoms with van der Waals surface area (Å²) in [5.41, 5.74) is 0.295. The Morgan fingerprint density at radius 2 is 1.77 bits per heavy atom. The van der Waals surface area contributed by atoms with Gasteiger partial charge >= 0.3 is 6.03 Å². The smallest absolute Gasteiger partial charge is 0.335 e. The molecule has 0 aromatic heterocycles. The van der Waals surface area contributed by atoms with Crippen LogP contribution in [0.25, 0.3) is 6.08 Å². The van der Waals surface area contributed by atoms with Gasteiger partial charge in [0.2, 0.25) is 0 Å². The number of carbonyl (C=O) groups is 3. The second-order valence-electron chi connectivity index (χ2n) is 6.02. The summed E-state index contributed by atoms with van der Waals surface area (Å²) in [5, 5.41) is 2.78. The van der Waals surface area contributed by atoms with Crippen LogP contribution in [0.5, 0.6) is 11.5 Å². The Hall–Kier alpha value is -2.74. The van der Waals surface area contributed by atoms with Crippen LogP contribution in [0.1, 0.15) is 12.5 Å². The van der Waals surface area contributed by atoms with Gasteiger partial charge in [-0.2, -0.15) is 0 Å². The minimum absolute atomic E-state index is 0.153. The number of nitrogens with one attached hydrogen (secondary N) is 1. The zero-order valence-electron chi connectivity index (χ0n) is 15.8. The van der Waals surface area contributed by atoms with Gasteiger partial charge in [0.15, 0.2) is 11.5 Å². The van der Waals surface area contributed by atoms with E-state index in [1.807, 2.05) is 0 Å². The second kappa shape index (κ2) is 8.95. The summed E-state index contributed by atoms with van der Waals surface area (Å²) < 4.78 is 10.7. The van der Waals surface area contributed by atoms with Crippen LogP contribution in [-0.4, -0.2) is 31.6 Å². The van der Waals surface area contributed by atoms with Crippen molar-refractivity contribution in [1.82, 2.24) is 5.32 Å². The fourth-order valence-corrected chi connectivity index (χ4v) is 3.40. The first kappa shape index (κ1) is 22.0. The standard InChI is InChI=1S/C20H15Cl3N2O5/c1-3-30-16-8-10(7-15(23)17(16)29-2)6-12-18(26)24-20(28)25(19(12)27)11-4-5-13(21)14(22)9-11/h4-9H,3H2,1-2H3,(H,24,26,28)/b12-6+. The zero-order valence-corrected chi connectivity index (χ0v) is 18.1. The normalized spacial score (nSPS) is 15.4. The van der Waals surface area contributed by atoms with Crippen molar-refractivity contribution < 1.29 is 23.9 Å². The van der Waals surface area contributed by atoms with Gasteiger partial charge in [0.25, 0.3) is 11.8 Å². The molecule has 2 aromatic carbocycles. The predicted molar refractivity (Wildman–Crippen MR) is 115 cm³/mol. The predicted octanol–water partition coefficient (Wildman–Crippen LogP) is 4.72. The van der Waals surface area contributed by atoms with Crippen molar-refractivity contribution in [3.63, 3.8) is 0 Å². The molecule has 30 heavy (non-hydrogen) atoms. The number of barbiturate groups is 1. The van der Waals surface area contributed by atoms with Crippen molar-refractivity contribution in [3.05, 3.63) is 56.5 Å². The molecule has 4 amide bonds. The molecule has 3 rings (SSSR count). The maximum Gasteiger partial charge on any atom is 0.335 e. The molecule has 156 valence electrons. The number of carbonyl (C=O) groups excluding carboxylic acids is 3. The third-order valence-corrected chi connectivity index (χ3v) is 5.13. The number of rotatable bonds is 5. The Morgan fingerprint density at radius 1 is 1.03 bits per heavy atom. The Morgan fingerprint density at radius 3 is 2.40 bits per heavy atom. The fourth-order valence-electron chi connectivity index (χ4n) is 2.82. The van der Waals surface area contributed by atoms with E-state index in [0.717, 1.165) is 4.90 Å². The van der Waals surface area contributed by atoms with Crippen molar-refractivity contribution in [2.45, 2.75) is 6.92 Å². The Bertz CT molecular complexity index is 1080. The first-order valence-electron chi connectivity index (χ1n) is 8.63.